The maximum Gasteiger partial charge on any atom is 0.181 e. The van der Waals surface area contributed by atoms with Crippen molar-refractivity contribution in [3.63, 3.8) is 0 Å². The molecule has 0 amide bonds. The molecule has 0 fully saturated rings. The first kappa shape index (κ1) is 13.9. The number of nitrogens with zero attached hydrogens (tertiary/aromatic N) is 3. The molecule has 1 aromatic heterocycles. The minimum atomic E-state index is 0.349. The van der Waals surface area contributed by atoms with Crippen molar-refractivity contribution in [1.82, 2.24) is 14.8 Å². The molecule has 0 saturated carbocycles. The van der Waals surface area contributed by atoms with Crippen LogP contribution in [0.15, 0.2) is 35.1 Å². The van der Waals surface area contributed by atoms with Crippen molar-refractivity contribution in [2.75, 3.05) is 0 Å². The Morgan fingerprint density at radius 3 is 2.18 bits per heavy atom. The van der Waals surface area contributed by atoms with E-state index in [1.807, 2.05) is 42.8 Å². The summed E-state index contributed by atoms with van der Waals surface area (Å²) in [6.45, 7) is 8.17. The molecule has 0 aliphatic heterocycles. The van der Waals surface area contributed by atoms with Gasteiger partial charge in [-0.15, -0.1) is 0 Å². The maximum atomic E-state index is 4.40. The Morgan fingerprint density at radius 1 is 1.12 bits per heavy atom. The summed E-state index contributed by atoms with van der Waals surface area (Å²) in [5, 5.41) is 4.40. The van der Waals surface area contributed by atoms with Crippen molar-refractivity contribution in [1.29, 1.82) is 0 Å². The van der Waals surface area contributed by atoms with Crippen molar-refractivity contribution in [3.8, 4) is 11.4 Å². The van der Waals surface area contributed by atoms with E-state index in [4.69, 9.17) is 0 Å². The molecule has 0 saturated heterocycles. The maximum absolute atomic E-state index is 4.40. The van der Waals surface area contributed by atoms with Crippen LogP contribution in [0.25, 0.3) is 11.4 Å². The van der Waals surface area contributed by atoms with Gasteiger partial charge < -0.3 is 0 Å². The zero-order valence-electron chi connectivity index (χ0n) is 10.7. The fourth-order valence-electron chi connectivity index (χ4n) is 1.25. The molecular formula is C13H18BrN3. The molecule has 0 aliphatic rings. The van der Waals surface area contributed by atoms with Gasteiger partial charge in [-0.05, 0) is 26.0 Å². The highest BCUT2D eigenvalue weighted by molar-refractivity contribution is 9.10. The molecule has 0 unspecified atom stereocenters. The SMILES string of the molecule is CC.CC(C)n1cnc(-c2ccc(Br)cc2)n1. The molecule has 17 heavy (non-hydrogen) atoms. The van der Waals surface area contributed by atoms with Crippen molar-refractivity contribution >= 4 is 15.9 Å². The van der Waals surface area contributed by atoms with Crippen LogP contribution in [0, 0.1) is 0 Å². The van der Waals surface area contributed by atoms with Crippen LogP contribution in [0.2, 0.25) is 0 Å². The van der Waals surface area contributed by atoms with Crippen LogP contribution in [0.3, 0.4) is 0 Å². The van der Waals surface area contributed by atoms with Gasteiger partial charge >= 0.3 is 0 Å². The molecule has 4 heteroatoms. The van der Waals surface area contributed by atoms with Gasteiger partial charge in [-0.25, -0.2) is 9.67 Å². The van der Waals surface area contributed by atoms with E-state index in [-0.39, 0.29) is 0 Å². The standard InChI is InChI=1S/C11H12BrN3.C2H6/c1-8(2)15-7-13-11(14-15)9-3-5-10(12)6-4-9;1-2/h3-8H,1-2H3;1-2H3. The molecule has 0 aliphatic carbocycles. The van der Waals surface area contributed by atoms with E-state index in [0.717, 1.165) is 15.9 Å². The third-order valence-corrected chi connectivity index (χ3v) is 2.67. The van der Waals surface area contributed by atoms with E-state index in [9.17, 15) is 0 Å². The Labute approximate surface area is 111 Å². The smallest absolute Gasteiger partial charge is 0.181 e. The van der Waals surface area contributed by atoms with E-state index in [1.165, 1.54) is 0 Å². The molecule has 1 aromatic carbocycles. The zero-order chi connectivity index (χ0) is 12.8. The molecule has 0 atom stereocenters. The Hall–Kier alpha value is -1.16. The molecule has 2 aromatic rings. The Morgan fingerprint density at radius 2 is 1.71 bits per heavy atom. The van der Waals surface area contributed by atoms with Crippen molar-refractivity contribution in [2.45, 2.75) is 33.7 Å². The molecule has 92 valence electrons. The first-order valence-corrected chi connectivity index (χ1v) is 6.63. The Balaban J connectivity index is 0.000000686. The summed E-state index contributed by atoms with van der Waals surface area (Å²) in [5.74, 6) is 0.774. The summed E-state index contributed by atoms with van der Waals surface area (Å²) < 4.78 is 2.92. The topological polar surface area (TPSA) is 30.7 Å². The van der Waals surface area contributed by atoms with Gasteiger partial charge in [0.25, 0.3) is 0 Å². The summed E-state index contributed by atoms with van der Waals surface area (Å²) in [4.78, 5) is 4.27. The Kier molecular flexibility index (Phi) is 5.35. The molecule has 3 nitrogen and oxygen atoms in total. The summed E-state index contributed by atoms with van der Waals surface area (Å²) in [6, 6.07) is 8.34. The number of hydrogen-bond acceptors (Lipinski definition) is 2. The van der Waals surface area contributed by atoms with Crippen LogP contribution in [-0.4, -0.2) is 14.8 Å². The Bertz CT molecular complexity index is 446. The number of aromatic nitrogens is 3. The number of rotatable bonds is 2. The van der Waals surface area contributed by atoms with Gasteiger partial charge in [0, 0.05) is 16.1 Å². The first-order valence-electron chi connectivity index (χ1n) is 5.84. The summed E-state index contributed by atoms with van der Waals surface area (Å²) in [7, 11) is 0. The highest BCUT2D eigenvalue weighted by Gasteiger charge is 2.05. The summed E-state index contributed by atoms with van der Waals surface area (Å²) in [5.41, 5.74) is 1.04. The number of benzene rings is 1. The van der Waals surface area contributed by atoms with E-state index >= 15 is 0 Å². The van der Waals surface area contributed by atoms with Gasteiger partial charge in [-0.1, -0.05) is 41.9 Å². The van der Waals surface area contributed by atoms with E-state index in [1.54, 1.807) is 6.33 Å². The quantitative estimate of drug-likeness (QED) is 0.826. The van der Waals surface area contributed by atoms with E-state index < -0.39 is 0 Å². The number of halogens is 1. The average molecular weight is 296 g/mol. The normalized spacial score (nSPS) is 10.0. The minimum Gasteiger partial charge on any atom is -0.250 e. The minimum absolute atomic E-state index is 0.349. The van der Waals surface area contributed by atoms with Gasteiger partial charge in [0.05, 0.1) is 0 Å². The predicted octanol–water partition coefficient (Wildman–Crippen LogP) is 4.31. The molecule has 0 spiro atoms. The fourth-order valence-corrected chi connectivity index (χ4v) is 1.52. The largest absolute Gasteiger partial charge is 0.250 e. The summed E-state index contributed by atoms with van der Waals surface area (Å²) in [6.07, 6.45) is 1.77. The lowest BCUT2D eigenvalue weighted by molar-refractivity contribution is 0.532. The second-order valence-electron chi connectivity index (χ2n) is 3.65. The predicted molar refractivity (Wildman–Crippen MR) is 74.9 cm³/mol. The van der Waals surface area contributed by atoms with Gasteiger partial charge in [-0.2, -0.15) is 5.10 Å². The van der Waals surface area contributed by atoms with Gasteiger partial charge in [0.1, 0.15) is 6.33 Å². The third-order valence-electron chi connectivity index (χ3n) is 2.14. The van der Waals surface area contributed by atoms with Crippen molar-refractivity contribution in [3.05, 3.63) is 35.1 Å². The van der Waals surface area contributed by atoms with Gasteiger partial charge in [-0.3, -0.25) is 0 Å². The second kappa shape index (κ2) is 6.55. The first-order chi connectivity index (χ1) is 8.16. The lowest BCUT2D eigenvalue weighted by Gasteiger charge is -2.01. The van der Waals surface area contributed by atoms with E-state index in [0.29, 0.717) is 6.04 Å². The van der Waals surface area contributed by atoms with Crippen molar-refractivity contribution in [2.24, 2.45) is 0 Å². The van der Waals surface area contributed by atoms with Crippen LogP contribution in [0.1, 0.15) is 33.7 Å². The summed E-state index contributed by atoms with van der Waals surface area (Å²) >= 11 is 3.40. The molecular weight excluding hydrogens is 278 g/mol. The fraction of sp³-hybridized carbons (Fsp3) is 0.385. The van der Waals surface area contributed by atoms with Gasteiger partial charge in [0.15, 0.2) is 5.82 Å². The molecule has 0 N–H and O–H groups in total. The average Bonchev–Trinajstić information content (AvgIpc) is 2.82. The van der Waals surface area contributed by atoms with Crippen LogP contribution < -0.4 is 0 Å². The highest BCUT2D eigenvalue weighted by atomic mass is 79.9. The lowest BCUT2D eigenvalue weighted by atomic mass is 10.2. The molecule has 0 bridgehead atoms. The van der Waals surface area contributed by atoms with Gasteiger partial charge in [0.2, 0.25) is 0 Å². The van der Waals surface area contributed by atoms with Crippen LogP contribution in [-0.2, 0) is 0 Å². The van der Waals surface area contributed by atoms with Crippen molar-refractivity contribution < 1.29 is 0 Å². The third kappa shape index (κ3) is 3.66. The number of hydrogen-bond donors (Lipinski definition) is 0. The molecule has 2 rings (SSSR count). The monoisotopic (exact) mass is 295 g/mol. The van der Waals surface area contributed by atoms with Crippen LogP contribution >= 0.6 is 15.9 Å². The highest BCUT2D eigenvalue weighted by Crippen LogP contribution is 2.18. The van der Waals surface area contributed by atoms with E-state index in [2.05, 4.69) is 39.9 Å². The lowest BCUT2D eigenvalue weighted by Crippen LogP contribution is -2.00. The zero-order valence-corrected chi connectivity index (χ0v) is 12.3. The second-order valence-corrected chi connectivity index (χ2v) is 4.56. The molecule has 1 heterocycles. The van der Waals surface area contributed by atoms with Crippen LogP contribution in [0.5, 0.6) is 0 Å². The van der Waals surface area contributed by atoms with Crippen LogP contribution in [0.4, 0.5) is 0 Å². The molecule has 0 radical (unpaired) electrons.